The van der Waals surface area contributed by atoms with Crippen molar-refractivity contribution < 1.29 is 0 Å². The second-order valence-corrected chi connectivity index (χ2v) is 3.95. The van der Waals surface area contributed by atoms with E-state index in [-0.39, 0.29) is 11.1 Å². The highest BCUT2D eigenvalue weighted by atomic mass is 15.0. The summed E-state index contributed by atoms with van der Waals surface area (Å²) in [7, 11) is 0. The predicted octanol–water partition coefficient (Wildman–Crippen LogP) is 1.78. The zero-order valence-corrected chi connectivity index (χ0v) is 7.15. The van der Waals surface area contributed by atoms with Crippen molar-refractivity contribution in [2.24, 2.45) is 0 Å². The fourth-order valence-corrected chi connectivity index (χ4v) is 1.34. The van der Waals surface area contributed by atoms with Crippen molar-refractivity contribution in [1.82, 2.24) is 5.32 Å². The molecule has 0 saturated heterocycles. The third-order valence-corrected chi connectivity index (χ3v) is 1.58. The van der Waals surface area contributed by atoms with Gasteiger partial charge in [0.1, 0.15) is 0 Å². The summed E-state index contributed by atoms with van der Waals surface area (Å²) >= 11 is 0. The maximum Gasteiger partial charge on any atom is 0.0312 e. The number of hydrogen-bond donors (Lipinski definition) is 1. The number of rotatable bonds is 0. The average molecular weight is 137 g/mol. The van der Waals surface area contributed by atoms with E-state index in [2.05, 4.69) is 45.5 Å². The molecule has 1 N–H and O–H groups in total. The third-order valence-electron chi connectivity index (χ3n) is 1.58. The Morgan fingerprint density at radius 1 is 1.20 bits per heavy atom. The van der Waals surface area contributed by atoms with Crippen LogP contribution in [0.1, 0.15) is 27.7 Å². The Bertz CT molecular complexity index is 154. The van der Waals surface area contributed by atoms with Gasteiger partial charge in [-0.3, -0.25) is 0 Å². The van der Waals surface area contributed by atoms with Crippen molar-refractivity contribution >= 4 is 0 Å². The Balaban J connectivity index is 2.73. The molecule has 1 heteroatoms. The van der Waals surface area contributed by atoms with E-state index in [1.807, 2.05) is 6.08 Å². The maximum absolute atomic E-state index is 3.43. The van der Waals surface area contributed by atoms with Gasteiger partial charge in [-0.2, -0.15) is 0 Å². The van der Waals surface area contributed by atoms with Crippen LogP contribution in [0.3, 0.4) is 0 Å². The smallest absolute Gasteiger partial charge is 0.0312 e. The number of hydrogen-bond acceptors (Lipinski definition) is 1. The van der Waals surface area contributed by atoms with E-state index in [0.717, 1.165) is 0 Å². The fourth-order valence-electron chi connectivity index (χ4n) is 1.34. The zero-order chi connectivity index (χ0) is 7.83. The molecule has 0 unspecified atom stereocenters. The molecular formula is C9H15N. The molecule has 1 nitrogen and oxygen atoms in total. The fraction of sp³-hybridized carbons (Fsp3) is 0.667. The topological polar surface area (TPSA) is 12.0 Å². The van der Waals surface area contributed by atoms with E-state index in [4.69, 9.17) is 0 Å². The van der Waals surface area contributed by atoms with Crippen LogP contribution >= 0.6 is 0 Å². The first-order valence-electron chi connectivity index (χ1n) is 3.66. The van der Waals surface area contributed by atoms with E-state index in [0.29, 0.717) is 0 Å². The van der Waals surface area contributed by atoms with E-state index >= 15 is 0 Å². The minimum atomic E-state index is 0.0260. The molecule has 56 valence electrons. The summed E-state index contributed by atoms with van der Waals surface area (Å²) < 4.78 is 0. The van der Waals surface area contributed by atoms with Crippen molar-refractivity contribution in [1.29, 1.82) is 0 Å². The van der Waals surface area contributed by atoms with E-state index in [1.165, 1.54) is 0 Å². The van der Waals surface area contributed by atoms with Crippen LogP contribution in [0, 0.1) is 6.42 Å². The Morgan fingerprint density at radius 2 is 1.80 bits per heavy atom. The molecule has 1 heterocycles. The molecule has 0 saturated carbocycles. The molecule has 0 fully saturated rings. The normalized spacial score (nSPS) is 28.4. The highest BCUT2D eigenvalue weighted by Crippen LogP contribution is 2.20. The molecule has 0 bridgehead atoms. The van der Waals surface area contributed by atoms with Gasteiger partial charge in [-0.15, -0.1) is 0 Å². The summed E-state index contributed by atoms with van der Waals surface area (Å²) in [6.45, 7) is 8.56. The van der Waals surface area contributed by atoms with Crippen molar-refractivity contribution in [3.05, 3.63) is 18.6 Å². The van der Waals surface area contributed by atoms with Gasteiger partial charge in [-0.05, 0) is 27.7 Å². The van der Waals surface area contributed by atoms with Gasteiger partial charge in [-0.25, -0.2) is 0 Å². The van der Waals surface area contributed by atoms with E-state index < -0.39 is 0 Å². The van der Waals surface area contributed by atoms with Crippen LogP contribution in [-0.4, -0.2) is 11.1 Å². The van der Waals surface area contributed by atoms with Crippen LogP contribution in [0.15, 0.2) is 12.2 Å². The molecule has 1 rings (SSSR count). The second kappa shape index (κ2) is 2.09. The predicted molar refractivity (Wildman–Crippen MR) is 43.7 cm³/mol. The van der Waals surface area contributed by atoms with Crippen LogP contribution in [0.5, 0.6) is 0 Å². The summed E-state index contributed by atoms with van der Waals surface area (Å²) in [5.74, 6) is 0. The van der Waals surface area contributed by atoms with Crippen LogP contribution in [-0.2, 0) is 0 Å². The lowest BCUT2D eigenvalue weighted by Gasteiger charge is -2.37. The third kappa shape index (κ3) is 1.84. The number of nitrogens with one attached hydrogen (secondary N) is 1. The maximum atomic E-state index is 3.43. The molecule has 10 heavy (non-hydrogen) atoms. The summed E-state index contributed by atoms with van der Waals surface area (Å²) in [6.07, 6.45) is 7.36. The van der Waals surface area contributed by atoms with Gasteiger partial charge < -0.3 is 5.32 Å². The standard InChI is InChI=1S/C9H15N/c1-8(2)6-5-7-9(3,4)10-8/h5-6,10H,1-4H3. The first-order chi connectivity index (χ1) is 4.41. The van der Waals surface area contributed by atoms with Crippen molar-refractivity contribution in [2.75, 3.05) is 0 Å². The first-order valence-corrected chi connectivity index (χ1v) is 3.66. The minimum Gasteiger partial charge on any atom is -0.302 e. The van der Waals surface area contributed by atoms with Crippen molar-refractivity contribution in [3.63, 3.8) is 0 Å². The Labute approximate surface area is 63.5 Å². The summed E-state index contributed by atoms with van der Waals surface area (Å²) in [5, 5.41) is 3.43. The molecule has 0 aromatic heterocycles. The van der Waals surface area contributed by atoms with Gasteiger partial charge in [0.15, 0.2) is 0 Å². The van der Waals surface area contributed by atoms with Gasteiger partial charge in [-0.1, -0.05) is 12.2 Å². The quantitative estimate of drug-likeness (QED) is 0.536. The summed E-state index contributed by atoms with van der Waals surface area (Å²) in [4.78, 5) is 0. The van der Waals surface area contributed by atoms with Crippen LogP contribution in [0.25, 0.3) is 0 Å². The molecule has 0 aromatic carbocycles. The Hall–Kier alpha value is -0.300. The lowest BCUT2D eigenvalue weighted by molar-refractivity contribution is 0.335. The monoisotopic (exact) mass is 137 g/mol. The van der Waals surface area contributed by atoms with Crippen molar-refractivity contribution in [2.45, 2.75) is 38.8 Å². The minimum absolute atomic E-state index is 0.0260. The SMILES string of the molecule is CC1(C)[C]C=CC(C)(C)N1. The molecular weight excluding hydrogens is 122 g/mol. The highest BCUT2D eigenvalue weighted by Gasteiger charge is 2.28. The highest BCUT2D eigenvalue weighted by molar-refractivity contribution is 5.20. The molecule has 2 radical (unpaired) electrons. The van der Waals surface area contributed by atoms with Gasteiger partial charge in [0.2, 0.25) is 0 Å². The molecule has 1 aliphatic rings. The van der Waals surface area contributed by atoms with Crippen LogP contribution in [0.4, 0.5) is 0 Å². The molecule has 1 aliphatic heterocycles. The average Bonchev–Trinajstić information content (AvgIpc) is 1.56. The van der Waals surface area contributed by atoms with Crippen LogP contribution in [0.2, 0.25) is 0 Å². The van der Waals surface area contributed by atoms with Gasteiger partial charge in [0.05, 0.1) is 0 Å². The lowest BCUT2D eigenvalue weighted by Crippen LogP contribution is -2.53. The Kier molecular flexibility index (Phi) is 1.63. The summed E-state index contributed by atoms with van der Waals surface area (Å²) in [6, 6.07) is 0. The van der Waals surface area contributed by atoms with Crippen LogP contribution < -0.4 is 5.32 Å². The lowest BCUT2D eigenvalue weighted by atomic mass is 9.89. The molecule has 0 spiro atoms. The molecule has 0 aliphatic carbocycles. The summed E-state index contributed by atoms with van der Waals surface area (Å²) in [5.41, 5.74) is 0.146. The first kappa shape index (κ1) is 7.80. The molecule has 0 atom stereocenters. The van der Waals surface area contributed by atoms with E-state index in [9.17, 15) is 0 Å². The zero-order valence-electron chi connectivity index (χ0n) is 7.15. The second-order valence-electron chi connectivity index (χ2n) is 3.95. The van der Waals surface area contributed by atoms with Crippen molar-refractivity contribution in [3.8, 4) is 0 Å². The van der Waals surface area contributed by atoms with Gasteiger partial charge in [0, 0.05) is 17.5 Å². The van der Waals surface area contributed by atoms with E-state index in [1.54, 1.807) is 0 Å². The van der Waals surface area contributed by atoms with Gasteiger partial charge >= 0.3 is 0 Å². The molecule has 0 amide bonds. The molecule has 0 aromatic rings. The Morgan fingerprint density at radius 3 is 2.10 bits per heavy atom. The van der Waals surface area contributed by atoms with Gasteiger partial charge in [0.25, 0.3) is 0 Å². The largest absolute Gasteiger partial charge is 0.302 e.